The molecule has 0 radical (unpaired) electrons. The molecule has 2 aromatic rings. The third-order valence-electron chi connectivity index (χ3n) is 9.00. The number of halogens is 3. The van der Waals surface area contributed by atoms with Crippen LogP contribution in [0.3, 0.4) is 0 Å². The van der Waals surface area contributed by atoms with Crippen LogP contribution in [0.2, 0.25) is 18.1 Å². The summed E-state index contributed by atoms with van der Waals surface area (Å²) in [6.45, 7) is 11.1. The van der Waals surface area contributed by atoms with Crippen molar-refractivity contribution >= 4 is 31.6 Å². The predicted octanol–water partition coefficient (Wildman–Crippen LogP) is 7.77. The van der Waals surface area contributed by atoms with E-state index in [4.69, 9.17) is 9.41 Å². The molecule has 0 bridgehead atoms. The van der Waals surface area contributed by atoms with Gasteiger partial charge in [-0.25, -0.2) is 4.98 Å². The third-order valence-corrected chi connectivity index (χ3v) is 13.5. The summed E-state index contributed by atoms with van der Waals surface area (Å²) in [6.07, 6.45) is 7.74. The van der Waals surface area contributed by atoms with Crippen LogP contribution in [-0.4, -0.2) is 48.0 Å². The Morgan fingerprint density at radius 1 is 1.08 bits per heavy atom. The summed E-state index contributed by atoms with van der Waals surface area (Å²) in [7, 11) is -1.84. The van der Waals surface area contributed by atoms with E-state index in [1.54, 1.807) is 6.20 Å². The molecule has 0 aromatic carbocycles. The number of rotatable bonds is 8. The summed E-state index contributed by atoms with van der Waals surface area (Å²) in [5.41, 5.74) is 1.99. The van der Waals surface area contributed by atoms with Crippen LogP contribution in [0.5, 0.6) is 0 Å². The molecule has 2 aliphatic rings. The molecule has 1 N–H and O–H groups in total. The Morgan fingerprint density at radius 3 is 2.32 bits per heavy atom. The van der Waals surface area contributed by atoms with Crippen LogP contribution in [0.1, 0.15) is 96.1 Å². The Balaban J connectivity index is 1.55. The number of hydrogen-bond acceptors (Lipinski definition) is 5. The number of aldehydes is 1. The van der Waals surface area contributed by atoms with Crippen molar-refractivity contribution in [2.24, 2.45) is 5.92 Å². The first-order chi connectivity index (χ1) is 17.8. The standard InChI is InChI=1S/C28H43F3N4O2Si/c1-27(2,3)38(4,5)37-22-12-10-21(11-13-22)35-17-24(20-8-6-19(18-36)7-9-20)23-16-33-26(34-25(23)35)32-15-14-28(29,30)31/h16-22H,6-15H2,1-5H3,(H,32,33,34). The number of alkyl halides is 3. The molecule has 38 heavy (non-hydrogen) atoms. The number of carbonyl (C=O) groups is 1. The first kappa shape index (κ1) is 29.0. The van der Waals surface area contributed by atoms with Crippen LogP contribution in [0.25, 0.3) is 11.0 Å². The normalized spacial score (nSPS) is 25.5. The fraction of sp³-hybridized carbons (Fsp3) is 0.750. The quantitative estimate of drug-likeness (QED) is 0.268. The second-order valence-electron chi connectivity index (χ2n) is 12.8. The van der Waals surface area contributed by atoms with Gasteiger partial charge >= 0.3 is 6.18 Å². The van der Waals surface area contributed by atoms with Gasteiger partial charge in [-0.3, -0.25) is 0 Å². The van der Waals surface area contributed by atoms with E-state index in [0.717, 1.165) is 68.7 Å². The number of nitrogens with zero attached hydrogens (tertiary/aromatic N) is 3. The first-order valence-electron chi connectivity index (χ1n) is 14.1. The summed E-state index contributed by atoms with van der Waals surface area (Å²) < 4.78 is 46.9. The smallest absolute Gasteiger partial charge is 0.390 e. The maximum Gasteiger partial charge on any atom is 0.390 e. The van der Waals surface area contributed by atoms with Crippen LogP contribution < -0.4 is 5.32 Å². The molecule has 0 saturated heterocycles. The van der Waals surface area contributed by atoms with E-state index in [9.17, 15) is 18.0 Å². The molecule has 6 nitrogen and oxygen atoms in total. The monoisotopic (exact) mass is 552 g/mol. The minimum Gasteiger partial charge on any atom is -0.414 e. The summed E-state index contributed by atoms with van der Waals surface area (Å²) in [5, 5.41) is 3.91. The zero-order valence-electron chi connectivity index (χ0n) is 23.4. The van der Waals surface area contributed by atoms with Gasteiger partial charge in [0.2, 0.25) is 5.95 Å². The molecule has 2 saturated carbocycles. The lowest BCUT2D eigenvalue weighted by Gasteiger charge is -2.41. The SMILES string of the molecule is CC(C)(C)[Si](C)(C)OC1CCC(n2cc(C3CCC(C=O)CC3)c3cnc(NCCC(F)(F)F)nc32)CC1. The van der Waals surface area contributed by atoms with Gasteiger partial charge in [-0.05, 0) is 81.0 Å². The summed E-state index contributed by atoms with van der Waals surface area (Å²) in [6, 6.07) is 0.259. The predicted molar refractivity (Wildman–Crippen MR) is 147 cm³/mol. The molecule has 2 fully saturated rings. The maximum atomic E-state index is 12.7. The molecule has 0 amide bonds. The van der Waals surface area contributed by atoms with E-state index in [0.29, 0.717) is 5.92 Å². The van der Waals surface area contributed by atoms with E-state index < -0.39 is 20.9 Å². The number of nitrogens with one attached hydrogen (secondary N) is 1. The van der Waals surface area contributed by atoms with Crippen molar-refractivity contribution in [1.29, 1.82) is 0 Å². The molecular weight excluding hydrogens is 509 g/mol. The van der Waals surface area contributed by atoms with Crippen LogP contribution in [0.15, 0.2) is 12.4 Å². The molecule has 2 aliphatic carbocycles. The van der Waals surface area contributed by atoms with Gasteiger partial charge in [-0.1, -0.05) is 20.8 Å². The van der Waals surface area contributed by atoms with Gasteiger partial charge in [0, 0.05) is 42.4 Å². The van der Waals surface area contributed by atoms with Crippen LogP contribution >= 0.6 is 0 Å². The zero-order valence-corrected chi connectivity index (χ0v) is 24.4. The third kappa shape index (κ3) is 6.79. The van der Waals surface area contributed by atoms with Crippen molar-refractivity contribution in [3.05, 3.63) is 18.0 Å². The lowest BCUT2D eigenvalue weighted by molar-refractivity contribution is -0.131. The molecule has 0 atom stereocenters. The van der Waals surface area contributed by atoms with Crippen molar-refractivity contribution in [2.45, 2.75) is 121 Å². The summed E-state index contributed by atoms with van der Waals surface area (Å²) >= 11 is 0. The van der Waals surface area contributed by atoms with Gasteiger partial charge in [0.1, 0.15) is 11.9 Å². The van der Waals surface area contributed by atoms with Gasteiger partial charge in [0.15, 0.2) is 8.32 Å². The van der Waals surface area contributed by atoms with Gasteiger partial charge < -0.3 is 19.1 Å². The Bertz CT molecular complexity index is 1100. The molecule has 10 heteroatoms. The first-order valence-corrected chi connectivity index (χ1v) is 17.0. The highest BCUT2D eigenvalue weighted by Crippen LogP contribution is 2.43. The number of anilines is 1. The number of carbonyl (C=O) groups excluding carboxylic acids is 1. The van der Waals surface area contributed by atoms with Crippen molar-refractivity contribution < 1.29 is 22.4 Å². The zero-order chi connectivity index (χ0) is 27.7. The van der Waals surface area contributed by atoms with Gasteiger partial charge in [0.05, 0.1) is 6.42 Å². The Morgan fingerprint density at radius 2 is 1.74 bits per heavy atom. The fourth-order valence-electron chi connectivity index (χ4n) is 5.66. The van der Waals surface area contributed by atoms with E-state index in [1.165, 1.54) is 5.56 Å². The summed E-state index contributed by atoms with van der Waals surface area (Å²) in [5.74, 6) is 0.699. The van der Waals surface area contributed by atoms with E-state index in [2.05, 4.69) is 54.9 Å². The minimum atomic E-state index is -4.23. The number of fused-ring (bicyclic) bond motifs is 1. The topological polar surface area (TPSA) is 69.0 Å². The fourth-order valence-corrected chi connectivity index (χ4v) is 7.08. The highest BCUT2D eigenvalue weighted by atomic mass is 28.4. The highest BCUT2D eigenvalue weighted by molar-refractivity contribution is 6.74. The Kier molecular flexibility index (Phi) is 8.62. The molecule has 0 unspecified atom stereocenters. The second kappa shape index (κ2) is 11.3. The maximum absolute atomic E-state index is 12.7. The van der Waals surface area contributed by atoms with E-state index in [-0.39, 0.29) is 35.6 Å². The van der Waals surface area contributed by atoms with Crippen LogP contribution in [-0.2, 0) is 9.22 Å². The molecule has 0 spiro atoms. The largest absolute Gasteiger partial charge is 0.414 e. The molecule has 2 heterocycles. The average Bonchev–Trinajstić information content (AvgIpc) is 3.22. The number of hydrogen-bond donors (Lipinski definition) is 1. The molecule has 2 aromatic heterocycles. The Hall–Kier alpha value is -1.94. The Labute approximate surface area is 225 Å². The lowest BCUT2D eigenvalue weighted by Crippen LogP contribution is -2.44. The second-order valence-corrected chi connectivity index (χ2v) is 17.5. The minimum absolute atomic E-state index is 0.136. The summed E-state index contributed by atoms with van der Waals surface area (Å²) in [4.78, 5) is 20.4. The van der Waals surface area contributed by atoms with Crippen molar-refractivity contribution in [1.82, 2.24) is 14.5 Å². The average molecular weight is 553 g/mol. The van der Waals surface area contributed by atoms with Crippen LogP contribution in [0.4, 0.5) is 19.1 Å². The van der Waals surface area contributed by atoms with Crippen LogP contribution in [0, 0.1) is 5.92 Å². The number of aromatic nitrogens is 3. The highest BCUT2D eigenvalue weighted by Gasteiger charge is 2.40. The van der Waals surface area contributed by atoms with Gasteiger partial charge in [0.25, 0.3) is 0 Å². The molecule has 212 valence electrons. The molecule has 0 aliphatic heterocycles. The molecule has 4 rings (SSSR count). The van der Waals surface area contributed by atoms with Crippen molar-refractivity contribution in [3.63, 3.8) is 0 Å². The molecular formula is C28H43F3N4O2Si. The van der Waals surface area contributed by atoms with E-state index in [1.807, 2.05) is 0 Å². The van der Waals surface area contributed by atoms with Gasteiger partial charge in [-0.15, -0.1) is 0 Å². The lowest BCUT2D eigenvalue weighted by atomic mass is 9.79. The van der Waals surface area contributed by atoms with Gasteiger partial charge in [-0.2, -0.15) is 18.2 Å². The van der Waals surface area contributed by atoms with Crippen molar-refractivity contribution in [2.75, 3.05) is 11.9 Å². The van der Waals surface area contributed by atoms with E-state index >= 15 is 0 Å². The van der Waals surface area contributed by atoms with Crippen molar-refractivity contribution in [3.8, 4) is 0 Å².